The van der Waals surface area contributed by atoms with Crippen molar-refractivity contribution in [3.63, 3.8) is 0 Å². The first-order chi connectivity index (χ1) is 10.1. The number of carbonyl (C=O) groups is 1. The number of benzene rings is 1. The molecule has 21 heavy (non-hydrogen) atoms. The van der Waals surface area contributed by atoms with Crippen LogP contribution in [0, 0.1) is 12.8 Å². The van der Waals surface area contributed by atoms with Crippen LogP contribution in [0.1, 0.15) is 30.9 Å². The Labute approximate surface area is 127 Å². The van der Waals surface area contributed by atoms with Crippen LogP contribution in [0.2, 0.25) is 0 Å². The van der Waals surface area contributed by atoms with Crippen LogP contribution in [-0.4, -0.2) is 41.7 Å². The molecule has 1 saturated heterocycles. The number of aryl methyl sites for hydroxylation is 1. The molecule has 1 fully saturated rings. The number of carbonyl (C=O) groups excluding carboxylic acids is 1. The number of likely N-dealkylation sites (tertiary alicyclic amines) is 1. The van der Waals surface area contributed by atoms with E-state index in [1.807, 2.05) is 25.1 Å². The highest BCUT2D eigenvalue weighted by Crippen LogP contribution is 2.20. The van der Waals surface area contributed by atoms with E-state index in [0.29, 0.717) is 19.0 Å². The summed E-state index contributed by atoms with van der Waals surface area (Å²) in [6.45, 7) is 6.76. The molecule has 0 aromatic heterocycles. The summed E-state index contributed by atoms with van der Waals surface area (Å²) in [7, 11) is 0. The second-order valence-corrected chi connectivity index (χ2v) is 6.06. The second-order valence-electron chi connectivity index (χ2n) is 6.06. The van der Waals surface area contributed by atoms with Gasteiger partial charge in [0.2, 0.25) is 5.91 Å². The number of amides is 1. The van der Waals surface area contributed by atoms with E-state index in [2.05, 4.69) is 23.2 Å². The molecule has 1 aliphatic rings. The van der Waals surface area contributed by atoms with Gasteiger partial charge in [-0.1, -0.05) is 24.3 Å². The minimum Gasteiger partial charge on any atom is -0.393 e. The van der Waals surface area contributed by atoms with Crippen LogP contribution < -0.4 is 5.32 Å². The standard InChI is InChI=1S/C17H26N2O2/c1-13-5-3-4-6-16(13)11-18-17(21)12-19-9-7-15(8-10-19)14(2)20/h3-6,14-15,20H,7-12H2,1-2H3,(H,18,21)/t14-/m1/s1. The van der Waals surface area contributed by atoms with Gasteiger partial charge < -0.3 is 10.4 Å². The van der Waals surface area contributed by atoms with Crippen molar-refractivity contribution in [1.82, 2.24) is 10.2 Å². The Bertz CT molecular complexity index is 466. The predicted octanol–water partition coefficient (Wildman–Crippen LogP) is 1.70. The van der Waals surface area contributed by atoms with Crippen molar-refractivity contribution in [2.45, 2.75) is 39.3 Å². The molecule has 0 saturated carbocycles. The molecule has 0 radical (unpaired) electrons. The lowest BCUT2D eigenvalue weighted by Gasteiger charge is -2.32. The Morgan fingerprint density at radius 1 is 1.38 bits per heavy atom. The fourth-order valence-corrected chi connectivity index (χ4v) is 2.85. The van der Waals surface area contributed by atoms with Crippen molar-refractivity contribution in [2.75, 3.05) is 19.6 Å². The van der Waals surface area contributed by atoms with Crippen LogP contribution in [0.4, 0.5) is 0 Å². The molecule has 0 aliphatic carbocycles. The summed E-state index contributed by atoms with van der Waals surface area (Å²) in [6, 6.07) is 8.11. The first kappa shape index (κ1) is 16.0. The number of aliphatic hydroxyl groups is 1. The summed E-state index contributed by atoms with van der Waals surface area (Å²) < 4.78 is 0. The average Bonchev–Trinajstić information content (AvgIpc) is 2.47. The maximum atomic E-state index is 12.0. The number of nitrogens with one attached hydrogen (secondary N) is 1. The zero-order valence-electron chi connectivity index (χ0n) is 13.0. The summed E-state index contributed by atoms with van der Waals surface area (Å²) in [5.74, 6) is 0.463. The SMILES string of the molecule is Cc1ccccc1CNC(=O)CN1CCC([C@@H](C)O)CC1. The molecule has 1 amide bonds. The number of piperidine rings is 1. The maximum absolute atomic E-state index is 12.0. The Balaban J connectivity index is 1.72. The lowest BCUT2D eigenvalue weighted by Crippen LogP contribution is -2.42. The van der Waals surface area contributed by atoms with Gasteiger partial charge in [-0.25, -0.2) is 0 Å². The topological polar surface area (TPSA) is 52.6 Å². The minimum absolute atomic E-state index is 0.0775. The maximum Gasteiger partial charge on any atom is 0.234 e. The Morgan fingerprint density at radius 3 is 2.67 bits per heavy atom. The molecule has 1 aliphatic heterocycles. The fraction of sp³-hybridized carbons (Fsp3) is 0.588. The third kappa shape index (κ3) is 4.83. The van der Waals surface area contributed by atoms with E-state index in [4.69, 9.17) is 0 Å². The van der Waals surface area contributed by atoms with E-state index >= 15 is 0 Å². The Kier molecular flexibility index (Phi) is 5.76. The van der Waals surface area contributed by atoms with Gasteiger partial charge in [-0.2, -0.15) is 0 Å². The number of rotatable bonds is 5. The molecular formula is C17H26N2O2. The van der Waals surface area contributed by atoms with E-state index in [9.17, 15) is 9.90 Å². The van der Waals surface area contributed by atoms with Crippen LogP contribution in [0.5, 0.6) is 0 Å². The van der Waals surface area contributed by atoms with E-state index in [1.54, 1.807) is 0 Å². The van der Waals surface area contributed by atoms with Gasteiger partial charge in [-0.3, -0.25) is 9.69 Å². The third-order valence-electron chi connectivity index (χ3n) is 4.42. The lowest BCUT2D eigenvalue weighted by molar-refractivity contribution is -0.122. The zero-order chi connectivity index (χ0) is 15.2. The molecule has 1 atom stereocenters. The molecule has 2 N–H and O–H groups in total. The van der Waals surface area contributed by atoms with Crippen molar-refractivity contribution in [1.29, 1.82) is 0 Å². The van der Waals surface area contributed by atoms with Crippen LogP contribution in [-0.2, 0) is 11.3 Å². The number of hydrogen-bond donors (Lipinski definition) is 2. The van der Waals surface area contributed by atoms with Crippen molar-refractivity contribution in [3.05, 3.63) is 35.4 Å². The molecule has 116 valence electrons. The second kappa shape index (κ2) is 7.57. The van der Waals surface area contributed by atoms with E-state index in [0.717, 1.165) is 25.9 Å². The van der Waals surface area contributed by atoms with E-state index < -0.39 is 0 Å². The molecule has 0 spiro atoms. The minimum atomic E-state index is -0.234. The molecule has 2 rings (SSSR count). The van der Waals surface area contributed by atoms with E-state index in [-0.39, 0.29) is 12.0 Å². The summed E-state index contributed by atoms with van der Waals surface area (Å²) >= 11 is 0. The molecular weight excluding hydrogens is 264 g/mol. The Hall–Kier alpha value is -1.39. The number of hydrogen-bond acceptors (Lipinski definition) is 3. The van der Waals surface area contributed by atoms with Crippen LogP contribution >= 0.6 is 0 Å². The van der Waals surface area contributed by atoms with E-state index in [1.165, 1.54) is 11.1 Å². The normalized spacial score (nSPS) is 18.4. The van der Waals surface area contributed by atoms with Gasteiger partial charge in [-0.05, 0) is 56.8 Å². The highest BCUT2D eigenvalue weighted by Gasteiger charge is 2.23. The lowest BCUT2D eigenvalue weighted by atomic mass is 9.92. The van der Waals surface area contributed by atoms with Crippen LogP contribution in [0.3, 0.4) is 0 Å². The van der Waals surface area contributed by atoms with Gasteiger partial charge in [0.15, 0.2) is 0 Å². The van der Waals surface area contributed by atoms with Gasteiger partial charge in [0.1, 0.15) is 0 Å². The summed E-state index contributed by atoms with van der Waals surface area (Å²) in [6.07, 6.45) is 1.72. The average molecular weight is 290 g/mol. The van der Waals surface area contributed by atoms with Gasteiger partial charge in [0, 0.05) is 6.54 Å². The predicted molar refractivity (Wildman–Crippen MR) is 83.9 cm³/mol. The number of aliphatic hydroxyl groups excluding tert-OH is 1. The smallest absolute Gasteiger partial charge is 0.234 e. The summed E-state index contributed by atoms with van der Waals surface area (Å²) in [5.41, 5.74) is 2.37. The first-order valence-electron chi connectivity index (χ1n) is 7.78. The Morgan fingerprint density at radius 2 is 2.05 bits per heavy atom. The van der Waals surface area contributed by atoms with Crippen molar-refractivity contribution < 1.29 is 9.90 Å². The fourth-order valence-electron chi connectivity index (χ4n) is 2.85. The first-order valence-corrected chi connectivity index (χ1v) is 7.78. The molecule has 4 nitrogen and oxygen atoms in total. The zero-order valence-corrected chi connectivity index (χ0v) is 13.0. The monoisotopic (exact) mass is 290 g/mol. The molecule has 1 aromatic rings. The molecule has 4 heteroatoms. The number of nitrogens with zero attached hydrogens (tertiary/aromatic N) is 1. The highest BCUT2D eigenvalue weighted by molar-refractivity contribution is 5.78. The van der Waals surface area contributed by atoms with Crippen LogP contribution in [0.25, 0.3) is 0 Å². The third-order valence-corrected chi connectivity index (χ3v) is 4.42. The van der Waals surface area contributed by atoms with Crippen molar-refractivity contribution >= 4 is 5.91 Å². The quantitative estimate of drug-likeness (QED) is 0.868. The largest absolute Gasteiger partial charge is 0.393 e. The van der Waals surface area contributed by atoms with Crippen molar-refractivity contribution in [2.24, 2.45) is 5.92 Å². The molecule has 0 unspecified atom stereocenters. The van der Waals surface area contributed by atoms with Gasteiger partial charge in [0.25, 0.3) is 0 Å². The van der Waals surface area contributed by atoms with Crippen LogP contribution in [0.15, 0.2) is 24.3 Å². The summed E-state index contributed by atoms with van der Waals surface area (Å²) in [5, 5.41) is 12.6. The molecule has 1 heterocycles. The van der Waals surface area contributed by atoms with Gasteiger partial charge in [-0.15, -0.1) is 0 Å². The van der Waals surface area contributed by atoms with Gasteiger partial charge >= 0.3 is 0 Å². The summed E-state index contributed by atoms with van der Waals surface area (Å²) in [4.78, 5) is 14.2. The highest BCUT2D eigenvalue weighted by atomic mass is 16.3. The van der Waals surface area contributed by atoms with Crippen molar-refractivity contribution in [3.8, 4) is 0 Å². The molecule has 0 bridgehead atoms. The van der Waals surface area contributed by atoms with Gasteiger partial charge in [0.05, 0.1) is 12.6 Å². The molecule has 1 aromatic carbocycles.